The smallest absolute Gasteiger partial charge is 0.271 e. The lowest BCUT2D eigenvalue weighted by Crippen LogP contribution is -2.32. The van der Waals surface area contributed by atoms with Crippen molar-refractivity contribution in [3.05, 3.63) is 59.9 Å². The first kappa shape index (κ1) is 16.5. The number of hydrogen-bond acceptors (Lipinski definition) is 5. The molecule has 1 aromatic carbocycles. The van der Waals surface area contributed by atoms with Crippen LogP contribution in [-0.2, 0) is 6.42 Å². The highest BCUT2D eigenvalue weighted by Crippen LogP contribution is 2.32. The second-order valence-electron chi connectivity index (χ2n) is 6.42. The van der Waals surface area contributed by atoms with Gasteiger partial charge in [-0.25, -0.2) is 0 Å². The fourth-order valence-electron chi connectivity index (χ4n) is 3.28. The summed E-state index contributed by atoms with van der Waals surface area (Å²) in [5.74, 6) is 0.784. The summed E-state index contributed by atoms with van der Waals surface area (Å²) in [5, 5.41) is 14.0. The number of likely N-dealkylation sites (tertiary alicyclic amines) is 1. The average Bonchev–Trinajstić information content (AvgIpc) is 3.40. The van der Waals surface area contributed by atoms with Gasteiger partial charge in [-0.15, -0.1) is 0 Å². The minimum atomic E-state index is -0.607. The predicted octanol–water partition coefficient (Wildman–Crippen LogP) is 2.58. The van der Waals surface area contributed by atoms with Gasteiger partial charge in [-0.3, -0.25) is 4.79 Å². The van der Waals surface area contributed by atoms with Gasteiger partial charge < -0.3 is 19.5 Å². The van der Waals surface area contributed by atoms with Crippen LogP contribution >= 0.6 is 0 Å². The Bertz CT molecular complexity index is 902. The van der Waals surface area contributed by atoms with E-state index in [1.54, 1.807) is 11.0 Å². The summed E-state index contributed by atoms with van der Waals surface area (Å²) in [6, 6.07) is 13.0. The van der Waals surface area contributed by atoms with E-state index in [1.165, 1.54) is 0 Å². The van der Waals surface area contributed by atoms with Gasteiger partial charge in [0.05, 0.1) is 6.10 Å². The number of nitrogens with one attached hydrogen (secondary N) is 1. The molecule has 2 N–H and O–H groups in total. The fourth-order valence-corrected chi connectivity index (χ4v) is 3.28. The highest BCUT2D eigenvalue weighted by atomic mass is 16.5. The molecule has 0 radical (unpaired) electrons. The largest absolute Gasteiger partial charge is 0.391 e. The minimum absolute atomic E-state index is 0.190. The molecule has 0 aliphatic carbocycles. The number of aromatic nitrogens is 3. The molecule has 3 heterocycles. The average molecular weight is 352 g/mol. The van der Waals surface area contributed by atoms with Gasteiger partial charge >= 0.3 is 0 Å². The Morgan fingerprint density at radius 3 is 2.85 bits per heavy atom. The van der Waals surface area contributed by atoms with Crippen LogP contribution in [0.2, 0.25) is 0 Å². The van der Waals surface area contributed by atoms with Gasteiger partial charge in [-0.1, -0.05) is 42.4 Å². The van der Waals surface area contributed by atoms with E-state index >= 15 is 0 Å². The fraction of sp³-hybridized carbons (Fsp3) is 0.316. The molecule has 1 fully saturated rings. The molecule has 3 aromatic rings. The van der Waals surface area contributed by atoms with Crippen molar-refractivity contribution in [1.82, 2.24) is 20.0 Å². The summed E-state index contributed by atoms with van der Waals surface area (Å²) in [6.07, 6.45) is 0.442. The highest BCUT2D eigenvalue weighted by molar-refractivity contribution is 5.94. The molecule has 26 heavy (non-hydrogen) atoms. The van der Waals surface area contributed by atoms with E-state index in [2.05, 4.69) is 15.1 Å². The number of carbonyl (C=O) groups excluding carboxylic acids is 1. The standard InChI is InChI=1S/C19H20N4O3/c1-2-17-21-18(26-22-17)16-10-13(24)11-23(16)19(25)15-9-8-14(20-15)12-6-4-3-5-7-12/h3-9,13,16,20,24H,2,10-11H2,1H3/t13-,16+/m0/s1. The Hall–Kier alpha value is -2.93. The summed E-state index contributed by atoms with van der Waals surface area (Å²) in [4.78, 5) is 22.1. The number of aliphatic hydroxyl groups is 1. The molecule has 2 aromatic heterocycles. The van der Waals surface area contributed by atoms with Crippen LogP contribution in [0.15, 0.2) is 47.0 Å². The van der Waals surface area contributed by atoms with Crippen molar-refractivity contribution in [3.8, 4) is 11.3 Å². The number of nitrogens with zero attached hydrogens (tertiary/aromatic N) is 3. The molecule has 0 spiro atoms. The Kier molecular flexibility index (Phi) is 4.30. The normalized spacial score (nSPS) is 19.8. The van der Waals surface area contributed by atoms with E-state index in [0.717, 1.165) is 11.3 Å². The second kappa shape index (κ2) is 6.76. The van der Waals surface area contributed by atoms with Crippen LogP contribution in [0.1, 0.15) is 41.6 Å². The number of β-amino-alcohol motifs (C(OH)–C–C–N with tert-alkyl or cyclic N) is 1. The number of H-pyrrole nitrogens is 1. The first-order valence-electron chi connectivity index (χ1n) is 8.71. The lowest BCUT2D eigenvalue weighted by molar-refractivity contribution is 0.0688. The Morgan fingerprint density at radius 1 is 1.31 bits per heavy atom. The van der Waals surface area contributed by atoms with Crippen molar-refractivity contribution in [1.29, 1.82) is 0 Å². The summed E-state index contributed by atoms with van der Waals surface area (Å²) in [6.45, 7) is 2.18. The molecule has 4 rings (SSSR count). The molecule has 0 unspecified atom stereocenters. The summed E-state index contributed by atoms with van der Waals surface area (Å²) in [7, 11) is 0. The Morgan fingerprint density at radius 2 is 2.12 bits per heavy atom. The first-order valence-corrected chi connectivity index (χ1v) is 8.71. The van der Waals surface area contributed by atoms with Crippen LogP contribution < -0.4 is 0 Å². The summed E-state index contributed by atoms with van der Waals surface area (Å²) < 4.78 is 5.30. The van der Waals surface area contributed by atoms with Crippen LogP contribution in [0.4, 0.5) is 0 Å². The topological polar surface area (TPSA) is 95.3 Å². The molecule has 1 amide bonds. The molecule has 2 atom stereocenters. The third-order valence-corrected chi connectivity index (χ3v) is 4.63. The number of amides is 1. The van der Waals surface area contributed by atoms with Crippen LogP contribution in [0, 0.1) is 0 Å². The number of rotatable bonds is 4. The Balaban J connectivity index is 1.59. The SMILES string of the molecule is CCc1noc([C@H]2C[C@H](O)CN2C(=O)c2ccc(-c3ccccc3)[nH]2)n1. The van der Waals surface area contributed by atoms with Gasteiger partial charge in [0.15, 0.2) is 5.82 Å². The predicted molar refractivity (Wildman–Crippen MR) is 94.3 cm³/mol. The third-order valence-electron chi connectivity index (χ3n) is 4.63. The van der Waals surface area contributed by atoms with E-state index < -0.39 is 12.1 Å². The van der Waals surface area contributed by atoms with Gasteiger partial charge in [0.25, 0.3) is 5.91 Å². The van der Waals surface area contributed by atoms with Crippen molar-refractivity contribution in [3.63, 3.8) is 0 Å². The Labute approximate surface area is 150 Å². The summed E-state index contributed by atoms with van der Waals surface area (Å²) in [5.41, 5.74) is 2.35. The second-order valence-corrected chi connectivity index (χ2v) is 6.42. The molecule has 7 nitrogen and oxygen atoms in total. The van der Waals surface area contributed by atoms with Crippen LogP contribution in [-0.4, -0.2) is 43.7 Å². The number of aryl methyl sites for hydroxylation is 1. The highest BCUT2D eigenvalue weighted by Gasteiger charge is 2.39. The first-order chi connectivity index (χ1) is 12.7. The molecule has 0 saturated carbocycles. The maximum absolute atomic E-state index is 13.0. The molecule has 1 saturated heterocycles. The molecular formula is C19H20N4O3. The zero-order valence-corrected chi connectivity index (χ0v) is 14.4. The number of aromatic amines is 1. The van der Waals surface area contributed by atoms with Gasteiger partial charge in [-0.05, 0) is 17.7 Å². The van der Waals surface area contributed by atoms with E-state index in [0.29, 0.717) is 30.3 Å². The van der Waals surface area contributed by atoms with Crippen LogP contribution in [0.25, 0.3) is 11.3 Å². The zero-order chi connectivity index (χ0) is 18.1. The van der Waals surface area contributed by atoms with E-state index in [-0.39, 0.29) is 12.5 Å². The summed E-state index contributed by atoms with van der Waals surface area (Å²) >= 11 is 0. The molecule has 0 bridgehead atoms. The third kappa shape index (κ3) is 3.01. The van der Waals surface area contributed by atoms with Gasteiger partial charge in [0.1, 0.15) is 11.7 Å². The maximum atomic E-state index is 13.0. The van der Waals surface area contributed by atoms with Gasteiger partial charge in [0, 0.05) is 25.1 Å². The number of aliphatic hydroxyl groups excluding tert-OH is 1. The molecule has 1 aliphatic heterocycles. The lowest BCUT2D eigenvalue weighted by atomic mass is 10.2. The molecule has 7 heteroatoms. The van der Waals surface area contributed by atoms with Crippen molar-refractivity contribution in [2.75, 3.05) is 6.54 Å². The van der Waals surface area contributed by atoms with Crippen molar-refractivity contribution in [2.24, 2.45) is 0 Å². The lowest BCUT2D eigenvalue weighted by Gasteiger charge is -2.20. The van der Waals surface area contributed by atoms with Gasteiger partial charge in [0.2, 0.25) is 5.89 Å². The monoisotopic (exact) mass is 352 g/mol. The van der Waals surface area contributed by atoms with Crippen molar-refractivity contribution >= 4 is 5.91 Å². The number of carbonyl (C=O) groups is 1. The number of benzene rings is 1. The maximum Gasteiger partial charge on any atom is 0.271 e. The van der Waals surface area contributed by atoms with Crippen molar-refractivity contribution in [2.45, 2.75) is 31.9 Å². The molecule has 1 aliphatic rings. The van der Waals surface area contributed by atoms with Crippen molar-refractivity contribution < 1.29 is 14.4 Å². The molecular weight excluding hydrogens is 332 g/mol. The van der Waals surface area contributed by atoms with Crippen LogP contribution in [0.5, 0.6) is 0 Å². The zero-order valence-electron chi connectivity index (χ0n) is 14.4. The quantitative estimate of drug-likeness (QED) is 0.752. The van der Waals surface area contributed by atoms with E-state index in [9.17, 15) is 9.90 Å². The van der Waals surface area contributed by atoms with E-state index in [1.807, 2.05) is 43.3 Å². The number of hydrogen-bond donors (Lipinski definition) is 2. The molecule has 134 valence electrons. The van der Waals surface area contributed by atoms with Gasteiger partial charge in [-0.2, -0.15) is 4.98 Å². The minimum Gasteiger partial charge on any atom is -0.391 e. The van der Waals surface area contributed by atoms with E-state index in [4.69, 9.17) is 4.52 Å². The van der Waals surface area contributed by atoms with Crippen LogP contribution in [0.3, 0.4) is 0 Å².